The van der Waals surface area contributed by atoms with Crippen LogP contribution in [0.1, 0.15) is 38.9 Å². The SMILES string of the molecule is CC(C)CN(CCC#N)c1cc([C@@H](C)O)ccn1. The van der Waals surface area contributed by atoms with E-state index in [9.17, 15) is 5.11 Å². The summed E-state index contributed by atoms with van der Waals surface area (Å²) < 4.78 is 0. The molecule has 0 saturated heterocycles. The van der Waals surface area contributed by atoms with Crippen LogP contribution < -0.4 is 4.90 Å². The van der Waals surface area contributed by atoms with Crippen molar-refractivity contribution in [1.29, 1.82) is 5.26 Å². The van der Waals surface area contributed by atoms with Crippen LogP contribution in [-0.2, 0) is 0 Å². The van der Waals surface area contributed by atoms with Gasteiger partial charge in [0.25, 0.3) is 0 Å². The predicted octanol–water partition coefficient (Wildman–Crippen LogP) is 2.51. The molecule has 0 bridgehead atoms. The van der Waals surface area contributed by atoms with Crippen molar-refractivity contribution in [3.8, 4) is 6.07 Å². The summed E-state index contributed by atoms with van der Waals surface area (Å²) in [5, 5.41) is 18.3. The zero-order valence-corrected chi connectivity index (χ0v) is 11.3. The van der Waals surface area contributed by atoms with Crippen molar-refractivity contribution in [3.63, 3.8) is 0 Å². The summed E-state index contributed by atoms with van der Waals surface area (Å²) in [6.45, 7) is 7.54. The van der Waals surface area contributed by atoms with E-state index in [0.717, 1.165) is 17.9 Å². The minimum Gasteiger partial charge on any atom is -0.389 e. The summed E-state index contributed by atoms with van der Waals surface area (Å²) in [4.78, 5) is 6.43. The molecule has 1 aromatic rings. The van der Waals surface area contributed by atoms with E-state index in [-0.39, 0.29) is 0 Å². The van der Waals surface area contributed by atoms with Crippen LogP contribution in [-0.4, -0.2) is 23.2 Å². The fourth-order valence-corrected chi connectivity index (χ4v) is 1.79. The zero-order valence-electron chi connectivity index (χ0n) is 11.3. The molecule has 0 saturated carbocycles. The van der Waals surface area contributed by atoms with Crippen molar-refractivity contribution < 1.29 is 5.11 Å². The molecule has 1 heterocycles. The number of aliphatic hydroxyl groups is 1. The topological polar surface area (TPSA) is 60.2 Å². The van der Waals surface area contributed by atoms with Gasteiger partial charge in [0.05, 0.1) is 18.6 Å². The minimum absolute atomic E-state index is 0.479. The fourth-order valence-electron chi connectivity index (χ4n) is 1.79. The number of aromatic nitrogens is 1. The molecule has 0 aliphatic rings. The van der Waals surface area contributed by atoms with Crippen molar-refractivity contribution in [3.05, 3.63) is 23.9 Å². The minimum atomic E-state index is -0.497. The van der Waals surface area contributed by atoms with E-state index in [0.29, 0.717) is 18.9 Å². The largest absolute Gasteiger partial charge is 0.389 e. The van der Waals surface area contributed by atoms with Gasteiger partial charge in [0.1, 0.15) is 5.82 Å². The maximum absolute atomic E-state index is 9.59. The lowest BCUT2D eigenvalue weighted by atomic mass is 10.1. The molecule has 1 N–H and O–H groups in total. The Hall–Kier alpha value is -1.60. The monoisotopic (exact) mass is 247 g/mol. The van der Waals surface area contributed by atoms with E-state index in [4.69, 9.17) is 5.26 Å². The first kappa shape index (κ1) is 14.5. The average molecular weight is 247 g/mol. The van der Waals surface area contributed by atoms with Crippen LogP contribution in [0.4, 0.5) is 5.82 Å². The first-order valence-corrected chi connectivity index (χ1v) is 6.30. The number of nitriles is 1. The van der Waals surface area contributed by atoms with E-state index >= 15 is 0 Å². The van der Waals surface area contributed by atoms with Gasteiger partial charge >= 0.3 is 0 Å². The third-order valence-corrected chi connectivity index (χ3v) is 2.66. The van der Waals surface area contributed by atoms with E-state index in [2.05, 4.69) is 29.8 Å². The second-order valence-electron chi connectivity index (χ2n) is 4.87. The highest BCUT2D eigenvalue weighted by atomic mass is 16.3. The Morgan fingerprint density at radius 1 is 1.44 bits per heavy atom. The highest BCUT2D eigenvalue weighted by Crippen LogP contribution is 2.19. The lowest BCUT2D eigenvalue weighted by Gasteiger charge is -2.25. The van der Waals surface area contributed by atoms with Gasteiger partial charge in [-0.05, 0) is 30.5 Å². The van der Waals surface area contributed by atoms with Gasteiger partial charge in [-0.15, -0.1) is 0 Å². The Labute approximate surface area is 109 Å². The normalized spacial score (nSPS) is 12.2. The second-order valence-corrected chi connectivity index (χ2v) is 4.87. The lowest BCUT2D eigenvalue weighted by Crippen LogP contribution is -2.29. The van der Waals surface area contributed by atoms with Crippen molar-refractivity contribution >= 4 is 5.82 Å². The van der Waals surface area contributed by atoms with Crippen molar-refractivity contribution in [2.24, 2.45) is 5.92 Å². The van der Waals surface area contributed by atoms with Gasteiger partial charge < -0.3 is 10.0 Å². The molecule has 0 radical (unpaired) electrons. The standard InChI is InChI=1S/C14H21N3O/c1-11(2)10-17(8-4-6-15)14-9-13(12(3)18)5-7-16-14/h5,7,9,11-12,18H,4,8,10H2,1-3H3/t12-/m1/s1. The molecule has 0 aliphatic carbocycles. The maximum Gasteiger partial charge on any atom is 0.128 e. The molecule has 98 valence electrons. The molecule has 1 aromatic heterocycles. The predicted molar refractivity (Wildman–Crippen MR) is 72.2 cm³/mol. The van der Waals surface area contributed by atoms with Crippen LogP contribution in [0.15, 0.2) is 18.3 Å². The van der Waals surface area contributed by atoms with Gasteiger partial charge in [0.15, 0.2) is 0 Å². The quantitative estimate of drug-likeness (QED) is 0.839. The summed E-state index contributed by atoms with van der Waals surface area (Å²) in [6, 6.07) is 5.86. The Morgan fingerprint density at radius 2 is 2.17 bits per heavy atom. The molecular weight excluding hydrogens is 226 g/mol. The Morgan fingerprint density at radius 3 is 2.72 bits per heavy atom. The fraction of sp³-hybridized carbons (Fsp3) is 0.571. The van der Waals surface area contributed by atoms with Gasteiger partial charge in [0, 0.05) is 19.3 Å². The number of hydrogen-bond donors (Lipinski definition) is 1. The molecule has 1 atom stereocenters. The first-order chi connectivity index (χ1) is 8.54. The third kappa shape index (κ3) is 4.34. The molecule has 1 rings (SSSR count). The Kier molecular flexibility index (Phi) is 5.60. The average Bonchev–Trinajstić information content (AvgIpc) is 2.34. The van der Waals surface area contributed by atoms with Crippen LogP contribution in [0.5, 0.6) is 0 Å². The van der Waals surface area contributed by atoms with E-state index in [1.807, 2.05) is 12.1 Å². The summed E-state index contributed by atoms with van der Waals surface area (Å²) >= 11 is 0. The van der Waals surface area contributed by atoms with E-state index < -0.39 is 6.10 Å². The van der Waals surface area contributed by atoms with E-state index in [1.165, 1.54) is 0 Å². The summed E-state index contributed by atoms with van der Waals surface area (Å²) in [5.41, 5.74) is 0.853. The molecule has 0 fully saturated rings. The zero-order chi connectivity index (χ0) is 13.5. The van der Waals surface area contributed by atoms with Gasteiger partial charge in [-0.2, -0.15) is 5.26 Å². The van der Waals surface area contributed by atoms with Crippen LogP contribution >= 0.6 is 0 Å². The smallest absolute Gasteiger partial charge is 0.128 e. The summed E-state index contributed by atoms with van der Waals surface area (Å²) in [6.07, 6.45) is 1.69. The van der Waals surface area contributed by atoms with E-state index in [1.54, 1.807) is 13.1 Å². The van der Waals surface area contributed by atoms with Gasteiger partial charge in [0.2, 0.25) is 0 Å². The number of nitrogens with zero attached hydrogens (tertiary/aromatic N) is 3. The molecule has 0 amide bonds. The highest BCUT2D eigenvalue weighted by molar-refractivity contribution is 5.41. The van der Waals surface area contributed by atoms with Crippen LogP contribution in [0, 0.1) is 17.2 Å². The molecule has 0 aliphatic heterocycles. The molecule has 18 heavy (non-hydrogen) atoms. The maximum atomic E-state index is 9.59. The second kappa shape index (κ2) is 6.97. The van der Waals surface area contributed by atoms with Gasteiger partial charge in [-0.3, -0.25) is 0 Å². The van der Waals surface area contributed by atoms with Gasteiger partial charge in [-0.25, -0.2) is 4.98 Å². The van der Waals surface area contributed by atoms with Crippen LogP contribution in [0.25, 0.3) is 0 Å². The first-order valence-electron chi connectivity index (χ1n) is 6.30. The van der Waals surface area contributed by atoms with Crippen LogP contribution in [0.3, 0.4) is 0 Å². The summed E-state index contributed by atoms with van der Waals surface area (Å²) in [7, 11) is 0. The van der Waals surface area contributed by atoms with Gasteiger partial charge in [-0.1, -0.05) is 13.8 Å². The van der Waals surface area contributed by atoms with Crippen molar-refractivity contribution in [1.82, 2.24) is 4.98 Å². The number of hydrogen-bond acceptors (Lipinski definition) is 4. The number of aliphatic hydroxyl groups excluding tert-OH is 1. The molecule has 0 spiro atoms. The number of rotatable bonds is 6. The molecule has 0 unspecified atom stereocenters. The number of pyridine rings is 1. The third-order valence-electron chi connectivity index (χ3n) is 2.66. The Bertz CT molecular complexity index is 410. The molecule has 4 heteroatoms. The number of anilines is 1. The highest BCUT2D eigenvalue weighted by Gasteiger charge is 2.11. The molecule has 0 aromatic carbocycles. The van der Waals surface area contributed by atoms with Crippen LogP contribution in [0.2, 0.25) is 0 Å². The lowest BCUT2D eigenvalue weighted by molar-refractivity contribution is 0.199. The molecule has 4 nitrogen and oxygen atoms in total. The molecular formula is C14H21N3O. The van der Waals surface area contributed by atoms with Crippen molar-refractivity contribution in [2.45, 2.75) is 33.3 Å². The van der Waals surface area contributed by atoms with Crippen molar-refractivity contribution in [2.75, 3.05) is 18.0 Å². The summed E-state index contributed by atoms with van der Waals surface area (Å²) in [5.74, 6) is 1.33. The Balaban J connectivity index is 2.89.